The second-order valence-electron chi connectivity index (χ2n) is 9.22. The Balaban J connectivity index is 1.36. The Kier molecular flexibility index (Phi) is 5.49. The van der Waals surface area contributed by atoms with Gasteiger partial charge in [-0.2, -0.15) is 0 Å². The number of fused-ring (bicyclic) bond motifs is 1. The molecule has 3 nitrogen and oxygen atoms in total. The molecule has 0 radical (unpaired) electrons. The van der Waals surface area contributed by atoms with Gasteiger partial charge in [0.1, 0.15) is 5.75 Å². The highest BCUT2D eigenvalue weighted by molar-refractivity contribution is 5.74. The highest BCUT2D eigenvalue weighted by Gasteiger charge is 2.47. The van der Waals surface area contributed by atoms with Gasteiger partial charge in [0.15, 0.2) is 0 Å². The lowest BCUT2D eigenvalue weighted by molar-refractivity contribution is 0.356. The van der Waals surface area contributed by atoms with Crippen LogP contribution in [0.3, 0.4) is 0 Å². The summed E-state index contributed by atoms with van der Waals surface area (Å²) in [4.78, 5) is 0. The molecule has 1 heterocycles. The average molecular weight is 437 g/mol. The fourth-order valence-corrected chi connectivity index (χ4v) is 4.82. The zero-order valence-electron chi connectivity index (χ0n) is 19.6. The predicted molar refractivity (Wildman–Crippen MR) is 139 cm³/mol. The molecular formula is C30H32N2O. The molecule has 0 atom stereocenters. The molecule has 3 aromatic carbocycles. The van der Waals surface area contributed by atoms with Gasteiger partial charge in [-0.05, 0) is 78.3 Å². The van der Waals surface area contributed by atoms with E-state index < -0.39 is 0 Å². The molecule has 1 aliphatic heterocycles. The van der Waals surface area contributed by atoms with Crippen molar-refractivity contribution in [3.8, 4) is 16.9 Å². The first kappa shape index (κ1) is 21.4. The van der Waals surface area contributed by atoms with Crippen LogP contribution in [-0.2, 0) is 11.8 Å². The lowest BCUT2D eigenvalue weighted by atomic mass is 9.91. The van der Waals surface area contributed by atoms with Gasteiger partial charge in [0.05, 0.1) is 6.61 Å². The van der Waals surface area contributed by atoms with Crippen LogP contribution in [0.25, 0.3) is 16.8 Å². The van der Waals surface area contributed by atoms with E-state index in [1.165, 1.54) is 27.8 Å². The molecule has 3 heteroatoms. The fourth-order valence-electron chi connectivity index (χ4n) is 4.82. The van der Waals surface area contributed by atoms with Gasteiger partial charge >= 0.3 is 0 Å². The third-order valence-corrected chi connectivity index (χ3v) is 7.04. The quantitative estimate of drug-likeness (QED) is 0.406. The molecule has 0 unspecified atom stereocenters. The van der Waals surface area contributed by atoms with Gasteiger partial charge in [-0.1, -0.05) is 55.6 Å². The Bertz CT molecular complexity index is 1220. The minimum atomic E-state index is 0.000314. The smallest absolute Gasteiger partial charge is 0.122 e. The van der Waals surface area contributed by atoms with Gasteiger partial charge in [-0.15, -0.1) is 0 Å². The van der Waals surface area contributed by atoms with E-state index in [0.717, 1.165) is 60.8 Å². The molecule has 2 N–H and O–H groups in total. The van der Waals surface area contributed by atoms with Crippen molar-refractivity contribution in [2.24, 2.45) is 0 Å². The lowest BCUT2D eigenvalue weighted by Gasteiger charge is -2.22. The first-order chi connectivity index (χ1) is 16.0. The summed E-state index contributed by atoms with van der Waals surface area (Å²) < 4.78 is 5.82. The van der Waals surface area contributed by atoms with Gasteiger partial charge in [0.2, 0.25) is 0 Å². The highest BCUT2D eigenvalue weighted by atomic mass is 16.5. The second-order valence-corrected chi connectivity index (χ2v) is 9.22. The molecule has 3 aromatic rings. The molecule has 2 aliphatic rings. The van der Waals surface area contributed by atoms with Crippen molar-refractivity contribution in [1.82, 2.24) is 5.32 Å². The van der Waals surface area contributed by atoms with Gasteiger partial charge < -0.3 is 15.4 Å². The van der Waals surface area contributed by atoms with Crippen LogP contribution in [0.4, 0.5) is 5.69 Å². The van der Waals surface area contributed by atoms with Gasteiger partial charge in [-0.25, -0.2) is 0 Å². The Hall–Kier alpha value is -3.46. The zero-order valence-corrected chi connectivity index (χ0v) is 19.6. The van der Waals surface area contributed by atoms with E-state index in [1.807, 2.05) is 0 Å². The van der Waals surface area contributed by atoms with E-state index in [9.17, 15) is 0 Å². The van der Waals surface area contributed by atoms with Crippen LogP contribution < -0.4 is 15.4 Å². The highest BCUT2D eigenvalue weighted by Crippen LogP contribution is 2.54. The van der Waals surface area contributed by atoms with Crippen LogP contribution in [0, 0.1) is 6.92 Å². The normalized spacial score (nSPS) is 15.3. The SMILES string of the molecule is C=C(NCC)c1ccc(-c2cc(NC(=C)C3(c4ccc5c(c4)OCC5)CC3)ccc2C)cc1. The Morgan fingerprint density at radius 1 is 1.00 bits per heavy atom. The third kappa shape index (κ3) is 4.04. The molecule has 1 aliphatic carbocycles. The molecule has 0 saturated heterocycles. The summed E-state index contributed by atoms with van der Waals surface area (Å²) in [6, 6.07) is 21.9. The fraction of sp³-hybridized carbons (Fsp3) is 0.267. The monoisotopic (exact) mass is 436 g/mol. The van der Waals surface area contributed by atoms with Gasteiger partial charge in [0.25, 0.3) is 0 Å². The summed E-state index contributed by atoms with van der Waals surface area (Å²) >= 11 is 0. The summed E-state index contributed by atoms with van der Waals surface area (Å²) in [7, 11) is 0. The summed E-state index contributed by atoms with van der Waals surface area (Å²) in [6.45, 7) is 14.5. The maximum absolute atomic E-state index is 5.82. The number of benzene rings is 3. The first-order valence-corrected chi connectivity index (χ1v) is 11.9. The third-order valence-electron chi connectivity index (χ3n) is 7.04. The molecule has 1 saturated carbocycles. The van der Waals surface area contributed by atoms with E-state index in [0.29, 0.717) is 0 Å². The maximum atomic E-state index is 5.82. The molecule has 0 aromatic heterocycles. The van der Waals surface area contributed by atoms with Crippen molar-refractivity contribution < 1.29 is 4.74 Å². The van der Waals surface area contributed by atoms with E-state index in [-0.39, 0.29) is 5.41 Å². The number of hydrogen-bond donors (Lipinski definition) is 2. The van der Waals surface area contributed by atoms with E-state index in [1.54, 1.807) is 0 Å². The number of ether oxygens (including phenoxy) is 1. The topological polar surface area (TPSA) is 33.3 Å². The number of nitrogens with one attached hydrogen (secondary N) is 2. The maximum Gasteiger partial charge on any atom is 0.122 e. The molecule has 5 rings (SSSR count). The summed E-state index contributed by atoms with van der Waals surface area (Å²) in [5, 5.41) is 6.92. The minimum Gasteiger partial charge on any atom is -0.493 e. The van der Waals surface area contributed by atoms with Crippen molar-refractivity contribution in [2.45, 2.75) is 38.5 Å². The molecule has 168 valence electrons. The van der Waals surface area contributed by atoms with Crippen molar-refractivity contribution >= 4 is 11.4 Å². The van der Waals surface area contributed by atoms with Crippen molar-refractivity contribution in [3.05, 3.63) is 102 Å². The number of allylic oxidation sites excluding steroid dienone is 1. The molecule has 0 bridgehead atoms. The van der Waals surface area contributed by atoms with Crippen LogP contribution >= 0.6 is 0 Å². The van der Waals surface area contributed by atoms with Gasteiger partial charge in [0, 0.05) is 35.5 Å². The number of rotatable bonds is 8. The van der Waals surface area contributed by atoms with E-state index in [4.69, 9.17) is 4.74 Å². The van der Waals surface area contributed by atoms with Crippen molar-refractivity contribution in [3.63, 3.8) is 0 Å². The van der Waals surface area contributed by atoms with E-state index in [2.05, 4.69) is 98.3 Å². The molecule has 0 spiro atoms. The largest absolute Gasteiger partial charge is 0.493 e. The van der Waals surface area contributed by atoms with Crippen molar-refractivity contribution in [1.29, 1.82) is 0 Å². The standard InChI is InChI=1S/C30H32N2O/c1-5-31-21(3)23-7-9-24(10-8-23)28-19-27(13-6-20(28)2)32-22(4)30(15-16-30)26-12-11-25-14-17-33-29(25)18-26/h6-13,18-19,31-32H,3-5,14-17H2,1-2H3. The Morgan fingerprint density at radius 3 is 2.52 bits per heavy atom. The van der Waals surface area contributed by atoms with Gasteiger partial charge in [-0.3, -0.25) is 0 Å². The van der Waals surface area contributed by atoms with Crippen LogP contribution in [0.1, 0.15) is 42.0 Å². The van der Waals surface area contributed by atoms with Crippen LogP contribution in [-0.4, -0.2) is 13.2 Å². The zero-order chi connectivity index (χ0) is 23.0. The first-order valence-electron chi connectivity index (χ1n) is 11.9. The molecule has 33 heavy (non-hydrogen) atoms. The number of aryl methyl sites for hydroxylation is 1. The summed E-state index contributed by atoms with van der Waals surface area (Å²) in [5.74, 6) is 1.05. The molecular weight excluding hydrogens is 404 g/mol. The minimum absolute atomic E-state index is 0.000314. The number of hydrogen-bond acceptors (Lipinski definition) is 3. The Labute approximate surface area is 197 Å². The molecule has 0 amide bonds. The van der Waals surface area contributed by atoms with Crippen LogP contribution in [0.15, 0.2) is 79.5 Å². The average Bonchev–Trinajstić information content (AvgIpc) is 3.51. The van der Waals surface area contributed by atoms with Crippen LogP contribution in [0.5, 0.6) is 5.75 Å². The predicted octanol–water partition coefficient (Wildman–Crippen LogP) is 6.83. The molecule has 1 fully saturated rings. The Morgan fingerprint density at radius 2 is 1.79 bits per heavy atom. The number of anilines is 1. The van der Waals surface area contributed by atoms with Crippen LogP contribution in [0.2, 0.25) is 0 Å². The van der Waals surface area contributed by atoms with Crippen molar-refractivity contribution in [2.75, 3.05) is 18.5 Å². The second kappa shape index (κ2) is 8.47. The summed E-state index contributed by atoms with van der Waals surface area (Å²) in [5.41, 5.74) is 10.5. The summed E-state index contributed by atoms with van der Waals surface area (Å²) in [6.07, 6.45) is 3.25. The lowest BCUT2D eigenvalue weighted by Crippen LogP contribution is -2.16. The van der Waals surface area contributed by atoms with E-state index >= 15 is 0 Å².